The van der Waals surface area contributed by atoms with Crippen molar-refractivity contribution in [3.63, 3.8) is 0 Å². The van der Waals surface area contributed by atoms with Crippen LogP contribution in [0, 0.1) is 12.3 Å². The molecule has 3 fully saturated rings. The summed E-state index contributed by atoms with van der Waals surface area (Å²) in [6, 6.07) is 16.0. The van der Waals surface area contributed by atoms with Gasteiger partial charge in [0.05, 0.1) is 12.5 Å². The number of ether oxygens (including phenoxy) is 1. The van der Waals surface area contributed by atoms with Crippen molar-refractivity contribution in [3.05, 3.63) is 72.2 Å². The van der Waals surface area contributed by atoms with Crippen LogP contribution in [0.3, 0.4) is 0 Å². The zero-order valence-electron chi connectivity index (χ0n) is 20.5. The van der Waals surface area contributed by atoms with Crippen molar-refractivity contribution in [1.29, 1.82) is 0 Å². The van der Waals surface area contributed by atoms with Gasteiger partial charge in [-0.3, -0.25) is 9.78 Å². The molecule has 0 radical (unpaired) electrons. The van der Waals surface area contributed by atoms with Gasteiger partial charge in [0.1, 0.15) is 5.67 Å². The number of pyridine rings is 2. The summed E-state index contributed by atoms with van der Waals surface area (Å²) in [6.07, 6.45) is 8.68. The number of rotatable bonds is 10. The van der Waals surface area contributed by atoms with E-state index in [0.29, 0.717) is 31.7 Å². The summed E-state index contributed by atoms with van der Waals surface area (Å²) < 4.78 is 19.5. The van der Waals surface area contributed by atoms with Gasteiger partial charge in [-0.15, -0.1) is 0 Å². The van der Waals surface area contributed by atoms with Gasteiger partial charge in [-0.2, -0.15) is 0 Å². The smallest absolute Gasteiger partial charge is 0.233 e. The number of benzene rings is 1. The lowest BCUT2D eigenvalue weighted by Gasteiger charge is -2.65. The standard InChI is InChI=1S/C29H32FN3O2/c1-21-15-22(10-12-31-21)7-4-3-5-14-33(27(34)28-18-29(30,19-28)20-28)25-9-6-8-23(16-25)24-11-13-32-26(17-24)35-2/h6,8-13,15-17H,3-5,7,14,18-20H2,1-2H3. The molecular formula is C29H32FN3O2. The number of anilines is 1. The van der Waals surface area contributed by atoms with E-state index in [1.165, 1.54) is 5.56 Å². The molecule has 3 aliphatic rings. The molecule has 0 unspecified atom stereocenters. The van der Waals surface area contributed by atoms with Crippen LogP contribution >= 0.6 is 0 Å². The second-order valence-corrected chi connectivity index (χ2v) is 10.2. The van der Waals surface area contributed by atoms with Gasteiger partial charge in [-0.25, -0.2) is 9.37 Å². The Balaban J connectivity index is 1.29. The highest BCUT2D eigenvalue weighted by Gasteiger charge is 2.73. The molecule has 0 atom stereocenters. The molecule has 1 amide bonds. The number of unbranched alkanes of at least 4 members (excludes halogenated alkanes) is 2. The fourth-order valence-electron chi connectivity index (χ4n) is 5.61. The van der Waals surface area contributed by atoms with Gasteiger partial charge >= 0.3 is 0 Å². The number of methoxy groups -OCH3 is 1. The topological polar surface area (TPSA) is 55.3 Å². The molecule has 0 N–H and O–H groups in total. The van der Waals surface area contributed by atoms with E-state index >= 15 is 0 Å². The van der Waals surface area contributed by atoms with Gasteiger partial charge in [0.15, 0.2) is 0 Å². The summed E-state index contributed by atoms with van der Waals surface area (Å²) in [7, 11) is 1.60. The molecule has 2 aromatic heterocycles. The van der Waals surface area contributed by atoms with E-state index in [-0.39, 0.29) is 5.91 Å². The zero-order chi connectivity index (χ0) is 24.5. The molecule has 5 nitrogen and oxygen atoms in total. The number of hydrogen-bond acceptors (Lipinski definition) is 4. The van der Waals surface area contributed by atoms with Crippen molar-refractivity contribution in [2.45, 2.75) is 57.5 Å². The van der Waals surface area contributed by atoms with E-state index in [1.54, 1.807) is 13.3 Å². The monoisotopic (exact) mass is 473 g/mol. The second kappa shape index (κ2) is 9.40. The van der Waals surface area contributed by atoms with Gasteiger partial charge < -0.3 is 9.64 Å². The Morgan fingerprint density at radius 2 is 1.77 bits per heavy atom. The highest BCUT2D eigenvalue weighted by molar-refractivity contribution is 6.00. The molecule has 35 heavy (non-hydrogen) atoms. The summed E-state index contributed by atoms with van der Waals surface area (Å²) in [5.41, 5.74) is 3.58. The van der Waals surface area contributed by atoms with Gasteiger partial charge in [0.2, 0.25) is 11.8 Å². The molecular weight excluding hydrogens is 441 g/mol. The minimum Gasteiger partial charge on any atom is -0.481 e. The molecule has 6 rings (SSSR count). The maximum absolute atomic E-state index is 14.2. The predicted molar refractivity (Wildman–Crippen MR) is 135 cm³/mol. The third-order valence-electron chi connectivity index (χ3n) is 7.41. The number of amides is 1. The first kappa shape index (κ1) is 23.5. The van der Waals surface area contributed by atoms with Crippen molar-refractivity contribution in [3.8, 4) is 17.0 Å². The van der Waals surface area contributed by atoms with Crippen LogP contribution in [0.1, 0.15) is 49.8 Å². The number of aromatic nitrogens is 2. The summed E-state index contributed by atoms with van der Waals surface area (Å²) in [4.78, 5) is 24.0. The average molecular weight is 474 g/mol. The number of halogens is 1. The molecule has 2 bridgehead atoms. The lowest BCUT2D eigenvalue weighted by Crippen LogP contribution is -2.70. The fourth-order valence-corrected chi connectivity index (χ4v) is 5.61. The van der Waals surface area contributed by atoms with Gasteiger partial charge in [0.25, 0.3) is 0 Å². The van der Waals surface area contributed by atoms with Crippen molar-refractivity contribution in [2.24, 2.45) is 5.41 Å². The Hall–Kier alpha value is -3.28. The number of carbonyl (C=O) groups excluding carboxylic acids is 1. The van der Waals surface area contributed by atoms with Crippen LogP contribution in [-0.2, 0) is 11.2 Å². The first-order valence-corrected chi connectivity index (χ1v) is 12.4. The lowest BCUT2D eigenvalue weighted by molar-refractivity contribution is -0.211. The molecule has 3 aromatic rings. The number of aryl methyl sites for hydroxylation is 2. The Morgan fingerprint density at radius 1 is 1.00 bits per heavy atom. The van der Waals surface area contributed by atoms with E-state index in [1.807, 2.05) is 54.4 Å². The lowest BCUT2D eigenvalue weighted by atomic mass is 9.42. The molecule has 2 heterocycles. The highest BCUT2D eigenvalue weighted by atomic mass is 19.1. The average Bonchev–Trinajstić information content (AvgIpc) is 2.83. The molecule has 0 spiro atoms. The molecule has 0 saturated heterocycles. The van der Waals surface area contributed by atoms with Crippen LogP contribution in [-0.4, -0.2) is 35.2 Å². The summed E-state index contributed by atoms with van der Waals surface area (Å²) in [6.45, 7) is 2.65. The third-order valence-corrected chi connectivity index (χ3v) is 7.41. The Labute approximate surface area is 206 Å². The molecule has 6 heteroatoms. The summed E-state index contributed by atoms with van der Waals surface area (Å²) >= 11 is 0. The number of alkyl halides is 1. The van der Waals surface area contributed by atoms with Gasteiger partial charge in [0, 0.05) is 36.4 Å². The molecule has 182 valence electrons. The van der Waals surface area contributed by atoms with Crippen molar-refractivity contribution < 1.29 is 13.9 Å². The van der Waals surface area contributed by atoms with E-state index < -0.39 is 11.1 Å². The predicted octanol–water partition coefficient (Wildman–Crippen LogP) is 6.10. The van der Waals surface area contributed by atoms with Crippen LogP contribution in [0.15, 0.2) is 60.9 Å². The van der Waals surface area contributed by atoms with Crippen LogP contribution in [0.2, 0.25) is 0 Å². The number of carbonyl (C=O) groups is 1. The van der Waals surface area contributed by atoms with E-state index in [4.69, 9.17) is 4.74 Å². The Kier molecular flexibility index (Phi) is 6.30. The van der Waals surface area contributed by atoms with Gasteiger partial charge in [-0.05, 0) is 92.5 Å². The number of hydrogen-bond donors (Lipinski definition) is 0. The third kappa shape index (κ3) is 4.79. The normalized spacial score (nSPS) is 22.1. The van der Waals surface area contributed by atoms with Crippen LogP contribution in [0.25, 0.3) is 11.1 Å². The maximum Gasteiger partial charge on any atom is 0.233 e. The first-order chi connectivity index (χ1) is 16.9. The van der Waals surface area contributed by atoms with Crippen molar-refractivity contribution in [1.82, 2.24) is 9.97 Å². The van der Waals surface area contributed by atoms with Crippen molar-refractivity contribution in [2.75, 3.05) is 18.6 Å². The van der Waals surface area contributed by atoms with Crippen molar-refractivity contribution >= 4 is 11.6 Å². The fraction of sp³-hybridized carbons (Fsp3) is 0.414. The molecule has 3 aliphatic carbocycles. The Bertz CT molecular complexity index is 1210. The minimum atomic E-state index is -1.10. The van der Waals surface area contributed by atoms with Crippen LogP contribution in [0.4, 0.5) is 10.1 Å². The second-order valence-electron chi connectivity index (χ2n) is 10.2. The largest absolute Gasteiger partial charge is 0.481 e. The Morgan fingerprint density at radius 3 is 2.51 bits per heavy atom. The molecule has 3 saturated carbocycles. The summed E-state index contributed by atoms with van der Waals surface area (Å²) in [5, 5.41) is 0. The van der Waals surface area contributed by atoms with Crippen LogP contribution < -0.4 is 9.64 Å². The quantitative estimate of drug-likeness (QED) is 0.334. The first-order valence-electron chi connectivity index (χ1n) is 12.4. The molecule has 1 aromatic carbocycles. The van der Waals surface area contributed by atoms with E-state index in [9.17, 15) is 9.18 Å². The van der Waals surface area contributed by atoms with Gasteiger partial charge in [-0.1, -0.05) is 18.6 Å². The van der Waals surface area contributed by atoms with E-state index in [0.717, 1.165) is 48.2 Å². The number of nitrogens with zero attached hydrogens (tertiary/aromatic N) is 3. The van der Waals surface area contributed by atoms with E-state index in [2.05, 4.69) is 22.1 Å². The van der Waals surface area contributed by atoms with Crippen LogP contribution in [0.5, 0.6) is 5.88 Å². The maximum atomic E-state index is 14.2. The SMILES string of the molecule is COc1cc(-c2cccc(N(CCCCCc3ccnc(C)c3)C(=O)C34CC(F)(C3)C4)c2)ccn1. The molecule has 0 aliphatic heterocycles. The highest BCUT2D eigenvalue weighted by Crippen LogP contribution is 2.70. The zero-order valence-corrected chi connectivity index (χ0v) is 20.5. The minimum absolute atomic E-state index is 0.0752. The summed E-state index contributed by atoms with van der Waals surface area (Å²) in [5.74, 6) is 0.624.